The van der Waals surface area contributed by atoms with Gasteiger partial charge in [0.15, 0.2) is 6.10 Å². The molecule has 0 spiro atoms. The molecule has 0 bridgehead atoms. The molecule has 2 rings (SSSR count). The Labute approximate surface area is 94.0 Å². The average Bonchev–Trinajstić information content (AvgIpc) is 2.67. The van der Waals surface area contributed by atoms with E-state index in [1.165, 1.54) is 6.42 Å². The summed E-state index contributed by atoms with van der Waals surface area (Å²) in [7, 11) is 0. The first-order chi connectivity index (χ1) is 7.70. The van der Waals surface area contributed by atoms with Gasteiger partial charge in [0.1, 0.15) is 0 Å². The molecule has 1 aromatic rings. The third-order valence-corrected chi connectivity index (χ3v) is 2.80. The van der Waals surface area contributed by atoms with E-state index in [0.29, 0.717) is 12.3 Å². The van der Waals surface area contributed by atoms with Crippen LogP contribution in [-0.4, -0.2) is 27.0 Å². The van der Waals surface area contributed by atoms with E-state index in [1.54, 1.807) is 6.92 Å². The van der Waals surface area contributed by atoms with E-state index in [1.807, 2.05) is 10.7 Å². The van der Waals surface area contributed by atoms with Crippen molar-refractivity contribution in [2.75, 3.05) is 0 Å². The van der Waals surface area contributed by atoms with Crippen LogP contribution in [0, 0.1) is 0 Å². The molecule has 0 aromatic carbocycles. The highest BCUT2D eigenvalue weighted by Crippen LogP contribution is 2.20. The van der Waals surface area contributed by atoms with Gasteiger partial charge in [-0.05, 0) is 25.7 Å². The SMILES string of the molecule is CC[C@H](Oc1cc2n(n1)CCCC2)C(=O)O. The number of carboxylic acids is 1. The van der Waals surface area contributed by atoms with Gasteiger partial charge in [0, 0.05) is 18.3 Å². The molecule has 5 heteroatoms. The molecular weight excluding hydrogens is 208 g/mol. The fraction of sp³-hybridized carbons (Fsp3) is 0.636. The van der Waals surface area contributed by atoms with E-state index in [9.17, 15) is 4.79 Å². The molecule has 1 aromatic heterocycles. The maximum absolute atomic E-state index is 10.8. The molecule has 0 fully saturated rings. The average molecular weight is 224 g/mol. The van der Waals surface area contributed by atoms with Crippen LogP contribution in [0.1, 0.15) is 31.9 Å². The van der Waals surface area contributed by atoms with Crippen LogP contribution in [-0.2, 0) is 17.8 Å². The minimum atomic E-state index is -0.937. The van der Waals surface area contributed by atoms with Gasteiger partial charge >= 0.3 is 5.97 Å². The maximum Gasteiger partial charge on any atom is 0.344 e. The van der Waals surface area contributed by atoms with Crippen molar-refractivity contribution in [3.8, 4) is 5.88 Å². The summed E-state index contributed by atoms with van der Waals surface area (Å²) < 4.78 is 7.26. The largest absolute Gasteiger partial charge is 0.479 e. The summed E-state index contributed by atoms with van der Waals surface area (Å²) >= 11 is 0. The standard InChI is InChI=1S/C11H16N2O3/c1-2-9(11(14)15)16-10-7-8-5-3-4-6-13(8)12-10/h7,9H,2-6H2,1H3,(H,14,15)/t9-/m0/s1. The van der Waals surface area contributed by atoms with E-state index in [4.69, 9.17) is 9.84 Å². The van der Waals surface area contributed by atoms with Crippen LogP contribution in [0.3, 0.4) is 0 Å². The maximum atomic E-state index is 10.8. The number of aliphatic carboxylic acids is 1. The second-order valence-corrected chi connectivity index (χ2v) is 4.01. The van der Waals surface area contributed by atoms with Crippen molar-refractivity contribution >= 4 is 5.97 Å². The Balaban J connectivity index is 2.09. The number of carboxylic acid groups (broad SMARTS) is 1. The minimum Gasteiger partial charge on any atom is -0.479 e. The first-order valence-electron chi connectivity index (χ1n) is 5.67. The second kappa shape index (κ2) is 4.55. The van der Waals surface area contributed by atoms with E-state index in [2.05, 4.69) is 5.10 Å². The van der Waals surface area contributed by atoms with Crippen molar-refractivity contribution in [3.63, 3.8) is 0 Å². The fourth-order valence-corrected chi connectivity index (χ4v) is 1.90. The summed E-state index contributed by atoms with van der Waals surface area (Å²) in [4.78, 5) is 10.8. The van der Waals surface area contributed by atoms with Crippen LogP contribution in [0.5, 0.6) is 5.88 Å². The zero-order chi connectivity index (χ0) is 11.5. The lowest BCUT2D eigenvalue weighted by Crippen LogP contribution is -2.26. The second-order valence-electron chi connectivity index (χ2n) is 4.01. The summed E-state index contributed by atoms with van der Waals surface area (Å²) in [6.07, 6.45) is 2.94. The van der Waals surface area contributed by atoms with Crippen molar-refractivity contribution < 1.29 is 14.6 Å². The van der Waals surface area contributed by atoms with Crippen molar-refractivity contribution in [1.29, 1.82) is 0 Å². The van der Waals surface area contributed by atoms with Gasteiger partial charge in [0.05, 0.1) is 0 Å². The molecule has 0 unspecified atom stereocenters. The molecule has 5 nitrogen and oxygen atoms in total. The number of fused-ring (bicyclic) bond motifs is 1. The zero-order valence-corrected chi connectivity index (χ0v) is 9.35. The van der Waals surface area contributed by atoms with Gasteiger partial charge in [-0.25, -0.2) is 4.79 Å². The molecule has 2 heterocycles. The van der Waals surface area contributed by atoms with E-state index in [-0.39, 0.29) is 0 Å². The molecule has 0 amide bonds. The van der Waals surface area contributed by atoms with Gasteiger partial charge < -0.3 is 9.84 Å². The number of hydrogen-bond acceptors (Lipinski definition) is 3. The number of aryl methyl sites for hydroxylation is 2. The van der Waals surface area contributed by atoms with Crippen molar-refractivity contribution in [3.05, 3.63) is 11.8 Å². The van der Waals surface area contributed by atoms with Crippen LogP contribution in [0.2, 0.25) is 0 Å². The molecule has 88 valence electrons. The molecule has 0 saturated heterocycles. The smallest absolute Gasteiger partial charge is 0.344 e. The summed E-state index contributed by atoms with van der Waals surface area (Å²) in [6, 6.07) is 1.85. The molecule has 1 aliphatic heterocycles. The summed E-state index contributed by atoms with van der Waals surface area (Å²) in [5, 5.41) is 13.1. The molecule has 1 N–H and O–H groups in total. The fourth-order valence-electron chi connectivity index (χ4n) is 1.90. The van der Waals surface area contributed by atoms with Crippen LogP contribution in [0.4, 0.5) is 0 Å². The predicted molar refractivity (Wildman–Crippen MR) is 57.5 cm³/mol. The lowest BCUT2D eigenvalue weighted by atomic mass is 10.1. The molecule has 0 saturated carbocycles. The van der Waals surface area contributed by atoms with Crippen molar-refractivity contribution in [2.45, 2.75) is 45.3 Å². The highest BCUT2D eigenvalue weighted by atomic mass is 16.5. The number of aromatic nitrogens is 2. The quantitative estimate of drug-likeness (QED) is 0.841. The molecule has 1 atom stereocenters. The third kappa shape index (κ3) is 2.18. The molecule has 0 aliphatic carbocycles. The van der Waals surface area contributed by atoms with Gasteiger partial charge in [-0.3, -0.25) is 4.68 Å². The molecule has 16 heavy (non-hydrogen) atoms. The van der Waals surface area contributed by atoms with Crippen LogP contribution < -0.4 is 4.74 Å². The Morgan fingerprint density at radius 2 is 2.50 bits per heavy atom. The van der Waals surface area contributed by atoms with Gasteiger partial charge in [0.2, 0.25) is 5.88 Å². The highest BCUT2D eigenvalue weighted by Gasteiger charge is 2.20. The van der Waals surface area contributed by atoms with E-state index in [0.717, 1.165) is 25.1 Å². The first-order valence-corrected chi connectivity index (χ1v) is 5.67. The summed E-state index contributed by atoms with van der Waals surface area (Å²) in [5.74, 6) is -0.500. The lowest BCUT2D eigenvalue weighted by molar-refractivity contribution is -0.145. The predicted octanol–water partition coefficient (Wildman–Crippen LogP) is 1.46. The third-order valence-electron chi connectivity index (χ3n) is 2.80. The van der Waals surface area contributed by atoms with Crippen LogP contribution in [0.15, 0.2) is 6.07 Å². The Bertz CT molecular complexity index is 363. The Morgan fingerprint density at radius 1 is 1.69 bits per heavy atom. The van der Waals surface area contributed by atoms with Gasteiger partial charge in [0.25, 0.3) is 0 Å². The van der Waals surface area contributed by atoms with Gasteiger partial charge in [-0.1, -0.05) is 6.92 Å². The number of hydrogen-bond donors (Lipinski definition) is 1. The monoisotopic (exact) mass is 224 g/mol. The zero-order valence-electron chi connectivity index (χ0n) is 9.35. The first kappa shape index (κ1) is 11.0. The minimum absolute atomic E-state index is 0.436. The van der Waals surface area contributed by atoms with E-state index >= 15 is 0 Å². The molecule has 1 aliphatic rings. The number of ether oxygens (including phenoxy) is 1. The lowest BCUT2D eigenvalue weighted by Gasteiger charge is -2.11. The normalized spacial score (nSPS) is 16.6. The van der Waals surface area contributed by atoms with Crippen LogP contribution >= 0.6 is 0 Å². The van der Waals surface area contributed by atoms with Gasteiger partial charge in [-0.2, -0.15) is 0 Å². The Hall–Kier alpha value is -1.52. The summed E-state index contributed by atoms with van der Waals surface area (Å²) in [5.41, 5.74) is 1.14. The van der Waals surface area contributed by atoms with E-state index < -0.39 is 12.1 Å². The summed E-state index contributed by atoms with van der Waals surface area (Å²) in [6.45, 7) is 2.69. The molecule has 0 radical (unpaired) electrons. The van der Waals surface area contributed by atoms with Gasteiger partial charge in [-0.15, -0.1) is 5.10 Å². The Kier molecular flexibility index (Phi) is 3.12. The number of rotatable bonds is 4. The highest BCUT2D eigenvalue weighted by molar-refractivity contribution is 5.72. The molecular formula is C11H16N2O3. The Morgan fingerprint density at radius 3 is 3.12 bits per heavy atom. The van der Waals surface area contributed by atoms with Crippen LogP contribution in [0.25, 0.3) is 0 Å². The topological polar surface area (TPSA) is 64.4 Å². The number of nitrogens with zero attached hydrogens (tertiary/aromatic N) is 2. The van der Waals surface area contributed by atoms with Crippen molar-refractivity contribution in [1.82, 2.24) is 9.78 Å². The van der Waals surface area contributed by atoms with Crippen molar-refractivity contribution in [2.24, 2.45) is 0 Å². The number of carbonyl (C=O) groups is 1.